The molecule has 0 unspecified atom stereocenters. The first-order valence-electron chi connectivity index (χ1n) is 7.98. The zero-order valence-electron chi connectivity index (χ0n) is 13.3. The molecule has 0 amide bonds. The normalized spacial score (nSPS) is 14.5. The van der Waals surface area contributed by atoms with Crippen molar-refractivity contribution in [2.75, 3.05) is 31.6 Å². The van der Waals surface area contributed by atoms with Gasteiger partial charge in [-0.3, -0.25) is 4.90 Å². The van der Waals surface area contributed by atoms with E-state index in [9.17, 15) is 4.79 Å². The van der Waals surface area contributed by atoms with E-state index in [1.54, 1.807) is 0 Å². The van der Waals surface area contributed by atoms with Crippen molar-refractivity contribution in [3.05, 3.63) is 42.2 Å². The number of hydrogen-bond acceptors (Lipinski definition) is 6. The molecular weight excluding hydrogens is 308 g/mol. The van der Waals surface area contributed by atoms with Crippen LogP contribution in [0.2, 0.25) is 0 Å². The topological polar surface area (TPSA) is 87.6 Å². The number of carbonyl (C=O) groups is 1. The van der Waals surface area contributed by atoms with Gasteiger partial charge in [0.05, 0.1) is 5.56 Å². The number of aromatic nitrogens is 2. The fourth-order valence-electron chi connectivity index (χ4n) is 2.57. The number of aromatic carboxylic acids is 1. The summed E-state index contributed by atoms with van der Waals surface area (Å²) in [6.07, 6.45) is 5.12. The van der Waals surface area contributed by atoms with E-state index in [1.807, 2.05) is 24.3 Å². The Labute approximate surface area is 140 Å². The molecule has 0 bridgehead atoms. The van der Waals surface area contributed by atoms with Crippen molar-refractivity contribution in [1.82, 2.24) is 14.9 Å². The molecule has 1 aromatic carbocycles. The van der Waals surface area contributed by atoms with E-state index in [-0.39, 0.29) is 5.56 Å². The second-order valence-corrected chi connectivity index (χ2v) is 5.65. The quantitative estimate of drug-likeness (QED) is 0.807. The third-order valence-corrected chi connectivity index (χ3v) is 3.88. The summed E-state index contributed by atoms with van der Waals surface area (Å²) in [6, 6.07) is 7.52. The van der Waals surface area contributed by atoms with Crippen LogP contribution in [0.5, 0.6) is 5.75 Å². The number of nitrogens with zero attached hydrogens (tertiary/aromatic N) is 3. The molecule has 0 saturated carbocycles. The molecule has 24 heavy (non-hydrogen) atoms. The van der Waals surface area contributed by atoms with Gasteiger partial charge in [-0.05, 0) is 50.2 Å². The number of ether oxygens (including phenoxy) is 1. The summed E-state index contributed by atoms with van der Waals surface area (Å²) in [7, 11) is 0. The summed E-state index contributed by atoms with van der Waals surface area (Å²) in [4.78, 5) is 21.1. The van der Waals surface area contributed by atoms with Crippen LogP contribution in [0.1, 0.15) is 23.2 Å². The van der Waals surface area contributed by atoms with E-state index >= 15 is 0 Å². The Kier molecular flexibility index (Phi) is 5.22. The molecule has 1 aliphatic heterocycles. The fraction of sp³-hybridized carbons (Fsp3) is 0.353. The monoisotopic (exact) mass is 328 g/mol. The highest BCUT2D eigenvalue weighted by Crippen LogP contribution is 2.18. The molecule has 7 nitrogen and oxygen atoms in total. The Balaban J connectivity index is 1.49. The molecular formula is C17H20N4O3. The third-order valence-electron chi connectivity index (χ3n) is 3.88. The van der Waals surface area contributed by atoms with Crippen LogP contribution in [0.25, 0.3) is 0 Å². The maximum atomic E-state index is 10.8. The van der Waals surface area contributed by atoms with E-state index < -0.39 is 5.97 Å². The number of rotatable bonds is 7. The van der Waals surface area contributed by atoms with E-state index in [1.165, 1.54) is 38.3 Å². The first-order chi connectivity index (χ1) is 11.7. The summed E-state index contributed by atoms with van der Waals surface area (Å²) in [5.74, 6) is 0.126. The molecule has 2 heterocycles. The summed E-state index contributed by atoms with van der Waals surface area (Å²) >= 11 is 0. The Morgan fingerprint density at radius 1 is 1.17 bits per heavy atom. The van der Waals surface area contributed by atoms with Crippen molar-refractivity contribution in [2.24, 2.45) is 0 Å². The first kappa shape index (κ1) is 16.2. The lowest BCUT2D eigenvalue weighted by atomic mass is 10.3. The molecule has 1 fully saturated rings. The van der Waals surface area contributed by atoms with Crippen LogP contribution >= 0.6 is 0 Å². The van der Waals surface area contributed by atoms with Crippen LogP contribution in [0.3, 0.4) is 0 Å². The predicted octanol–water partition coefficient (Wildman–Crippen LogP) is 2.39. The van der Waals surface area contributed by atoms with Crippen LogP contribution in [0, 0.1) is 0 Å². The van der Waals surface area contributed by atoms with Gasteiger partial charge < -0.3 is 15.2 Å². The van der Waals surface area contributed by atoms with Crippen molar-refractivity contribution in [3.63, 3.8) is 0 Å². The van der Waals surface area contributed by atoms with Gasteiger partial charge in [-0.25, -0.2) is 14.8 Å². The molecule has 1 aromatic heterocycles. The van der Waals surface area contributed by atoms with Gasteiger partial charge >= 0.3 is 5.97 Å². The molecule has 2 N–H and O–H groups in total. The highest BCUT2D eigenvalue weighted by molar-refractivity contribution is 5.86. The van der Waals surface area contributed by atoms with Gasteiger partial charge in [0.1, 0.15) is 12.4 Å². The van der Waals surface area contributed by atoms with Gasteiger partial charge in [0.2, 0.25) is 5.95 Å². The fourth-order valence-corrected chi connectivity index (χ4v) is 2.57. The number of hydrogen-bond donors (Lipinski definition) is 2. The minimum atomic E-state index is -1.04. The molecule has 0 spiro atoms. The minimum absolute atomic E-state index is 0.0577. The average Bonchev–Trinajstić information content (AvgIpc) is 3.10. The van der Waals surface area contributed by atoms with Gasteiger partial charge in [0.25, 0.3) is 0 Å². The molecule has 3 rings (SSSR count). The molecule has 0 atom stereocenters. The van der Waals surface area contributed by atoms with E-state index in [0.29, 0.717) is 12.6 Å². The number of likely N-dealkylation sites (tertiary alicyclic amines) is 1. The van der Waals surface area contributed by atoms with Crippen molar-refractivity contribution in [3.8, 4) is 5.75 Å². The number of anilines is 2. The highest BCUT2D eigenvalue weighted by Gasteiger charge is 2.10. The van der Waals surface area contributed by atoms with Crippen LogP contribution in [0.15, 0.2) is 36.7 Å². The van der Waals surface area contributed by atoms with Crippen molar-refractivity contribution < 1.29 is 14.6 Å². The zero-order chi connectivity index (χ0) is 16.8. The lowest BCUT2D eigenvalue weighted by Gasteiger charge is -2.15. The number of carboxylic acids is 1. The highest BCUT2D eigenvalue weighted by atomic mass is 16.5. The summed E-state index contributed by atoms with van der Waals surface area (Å²) in [5, 5.41) is 11.8. The maximum absolute atomic E-state index is 10.8. The number of nitrogens with one attached hydrogen (secondary N) is 1. The Morgan fingerprint density at radius 2 is 1.83 bits per heavy atom. The average molecular weight is 328 g/mol. The second-order valence-electron chi connectivity index (χ2n) is 5.65. The van der Waals surface area contributed by atoms with Gasteiger partial charge in [-0.15, -0.1) is 0 Å². The van der Waals surface area contributed by atoms with E-state index in [0.717, 1.165) is 18.0 Å². The molecule has 2 aromatic rings. The van der Waals surface area contributed by atoms with Gasteiger partial charge in [-0.2, -0.15) is 0 Å². The van der Waals surface area contributed by atoms with Crippen LogP contribution in [-0.4, -0.2) is 52.2 Å². The smallest absolute Gasteiger partial charge is 0.338 e. The van der Waals surface area contributed by atoms with Crippen molar-refractivity contribution in [2.45, 2.75) is 12.8 Å². The minimum Gasteiger partial charge on any atom is -0.492 e. The Morgan fingerprint density at radius 3 is 2.46 bits per heavy atom. The third kappa shape index (κ3) is 4.42. The summed E-state index contributed by atoms with van der Waals surface area (Å²) in [6.45, 7) is 4.00. The predicted molar refractivity (Wildman–Crippen MR) is 89.9 cm³/mol. The lowest BCUT2D eigenvalue weighted by molar-refractivity contribution is 0.0696. The second kappa shape index (κ2) is 7.74. The number of benzene rings is 1. The SMILES string of the molecule is O=C(O)c1cnc(Nc2ccc(OCCN3CCCC3)cc2)nc1. The maximum Gasteiger partial charge on any atom is 0.338 e. The van der Waals surface area contributed by atoms with Gasteiger partial charge in [0, 0.05) is 24.6 Å². The Hall–Kier alpha value is -2.67. The molecule has 0 aliphatic carbocycles. The van der Waals surface area contributed by atoms with Crippen molar-refractivity contribution >= 4 is 17.6 Å². The van der Waals surface area contributed by atoms with Crippen molar-refractivity contribution in [1.29, 1.82) is 0 Å². The van der Waals surface area contributed by atoms with Gasteiger partial charge in [0.15, 0.2) is 0 Å². The van der Waals surface area contributed by atoms with Crippen LogP contribution in [-0.2, 0) is 0 Å². The van der Waals surface area contributed by atoms with E-state index in [2.05, 4.69) is 20.2 Å². The largest absolute Gasteiger partial charge is 0.492 e. The molecule has 126 valence electrons. The Bertz CT molecular complexity index is 667. The standard InChI is InChI=1S/C17H20N4O3/c22-16(23)13-11-18-17(19-12-13)20-14-3-5-15(6-4-14)24-10-9-21-7-1-2-8-21/h3-6,11-12H,1-2,7-10H2,(H,22,23)(H,18,19,20). The van der Waals surface area contributed by atoms with E-state index in [4.69, 9.17) is 9.84 Å². The number of carboxylic acid groups (broad SMARTS) is 1. The lowest BCUT2D eigenvalue weighted by Crippen LogP contribution is -2.25. The first-order valence-corrected chi connectivity index (χ1v) is 7.98. The molecule has 1 aliphatic rings. The summed E-state index contributed by atoms with van der Waals surface area (Å²) < 4.78 is 5.75. The zero-order valence-corrected chi connectivity index (χ0v) is 13.3. The van der Waals surface area contributed by atoms with Crippen LogP contribution in [0.4, 0.5) is 11.6 Å². The molecule has 0 radical (unpaired) electrons. The molecule has 7 heteroatoms. The van der Waals surface area contributed by atoms with Crippen LogP contribution < -0.4 is 10.1 Å². The summed E-state index contributed by atoms with van der Waals surface area (Å²) in [5.41, 5.74) is 0.868. The van der Waals surface area contributed by atoms with Gasteiger partial charge in [-0.1, -0.05) is 0 Å². The molecule has 1 saturated heterocycles.